The number of nitrogens with one attached hydrogen (secondary N) is 5. The number of carbonyl (C=O) groups excluding carboxylic acids is 3. The Bertz CT molecular complexity index is 1180. The Morgan fingerprint density at radius 2 is 1.77 bits per heavy atom. The summed E-state index contributed by atoms with van der Waals surface area (Å²) in [5, 5.41) is 14.6. The molecule has 2 atom stereocenters. The number of primary amides is 1. The zero-order valence-electron chi connectivity index (χ0n) is 18.4. The third-order valence-corrected chi connectivity index (χ3v) is 5.27. The lowest BCUT2D eigenvalue weighted by atomic mass is 9.95. The lowest BCUT2D eigenvalue weighted by Crippen LogP contribution is -2.54. The number of carboxylic acids is 1. The van der Waals surface area contributed by atoms with Gasteiger partial charge in [-0.2, -0.15) is 0 Å². The number of benzene rings is 2. The van der Waals surface area contributed by atoms with Gasteiger partial charge >= 0.3 is 12.0 Å². The number of halogens is 1. The lowest BCUT2D eigenvalue weighted by Gasteiger charge is -2.18. The molecule has 184 valence electrons. The predicted octanol–water partition coefficient (Wildman–Crippen LogP) is 1.46. The average Bonchev–Trinajstić information content (AvgIpc) is 3.22. The van der Waals surface area contributed by atoms with Gasteiger partial charge < -0.3 is 21.1 Å². The Morgan fingerprint density at radius 1 is 1.06 bits per heavy atom. The first-order chi connectivity index (χ1) is 16.7. The Balaban J connectivity index is 1.61. The molecule has 2 aromatic carbocycles. The molecule has 1 aromatic heterocycles. The van der Waals surface area contributed by atoms with Crippen molar-refractivity contribution >= 4 is 52.4 Å². The number of fused-ring (bicyclic) bond motifs is 1. The highest BCUT2D eigenvalue weighted by molar-refractivity contribution is 6.30. The van der Waals surface area contributed by atoms with E-state index < -0.39 is 36.3 Å². The molecule has 0 saturated carbocycles. The van der Waals surface area contributed by atoms with Crippen molar-refractivity contribution in [2.45, 2.75) is 24.8 Å². The van der Waals surface area contributed by atoms with E-state index in [2.05, 4.69) is 31.5 Å². The SMILES string of the molecule is NC(=O)[C@H](CC(=O)O)NNC(=O)NC(=O)CC(CNc1nc2ccccc2[nH]1)c1ccc(Cl)cc1. The van der Waals surface area contributed by atoms with Crippen LogP contribution >= 0.6 is 11.6 Å². The van der Waals surface area contributed by atoms with E-state index in [4.69, 9.17) is 22.4 Å². The van der Waals surface area contributed by atoms with Crippen LogP contribution in [0, 0.1) is 0 Å². The summed E-state index contributed by atoms with van der Waals surface area (Å²) in [5.41, 5.74) is 11.8. The average molecular weight is 502 g/mol. The monoisotopic (exact) mass is 501 g/mol. The molecule has 0 fully saturated rings. The number of H-pyrrole nitrogens is 1. The van der Waals surface area contributed by atoms with Crippen molar-refractivity contribution in [1.82, 2.24) is 26.1 Å². The Morgan fingerprint density at radius 3 is 2.43 bits per heavy atom. The van der Waals surface area contributed by atoms with Crippen molar-refractivity contribution in [1.29, 1.82) is 0 Å². The van der Waals surface area contributed by atoms with Gasteiger partial charge in [-0.3, -0.25) is 25.1 Å². The number of para-hydroxylation sites is 2. The van der Waals surface area contributed by atoms with E-state index in [1.165, 1.54) is 0 Å². The molecule has 3 rings (SSSR count). The van der Waals surface area contributed by atoms with Crippen LogP contribution in [0.3, 0.4) is 0 Å². The molecule has 4 amide bonds. The van der Waals surface area contributed by atoms with E-state index in [9.17, 15) is 19.2 Å². The van der Waals surface area contributed by atoms with E-state index in [-0.39, 0.29) is 12.3 Å². The summed E-state index contributed by atoms with van der Waals surface area (Å²) in [6, 6.07) is 12.2. The van der Waals surface area contributed by atoms with Gasteiger partial charge in [-0.15, -0.1) is 0 Å². The molecule has 0 bridgehead atoms. The van der Waals surface area contributed by atoms with Crippen LogP contribution in [0.15, 0.2) is 48.5 Å². The normalized spacial score (nSPS) is 12.5. The fourth-order valence-electron chi connectivity index (χ4n) is 3.28. The van der Waals surface area contributed by atoms with Crippen molar-refractivity contribution in [3.05, 3.63) is 59.1 Å². The van der Waals surface area contributed by atoms with Crippen LogP contribution in [0.1, 0.15) is 24.3 Å². The van der Waals surface area contributed by atoms with Crippen molar-refractivity contribution in [2.75, 3.05) is 11.9 Å². The number of aromatic nitrogens is 2. The molecule has 0 saturated heterocycles. The number of nitrogens with zero attached hydrogens (tertiary/aromatic N) is 1. The quantitative estimate of drug-likeness (QED) is 0.192. The summed E-state index contributed by atoms with van der Waals surface area (Å²) in [4.78, 5) is 54.3. The second-order valence-electron chi connectivity index (χ2n) is 7.64. The number of hydrogen-bond acceptors (Lipinski definition) is 7. The highest BCUT2D eigenvalue weighted by atomic mass is 35.5. The molecule has 0 aliphatic rings. The summed E-state index contributed by atoms with van der Waals surface area (Å²) in [6.45, 7) is 0.317. The van der Waals surface area contributed by atoms with E-state index in [0.717, 1.165) is 16.6 Å². The summed E-state index contributed by atoms with van der Waals surface area (Å²) in [7, 11) is 0. The van der Waals surface area contributed by atoms with Crippen molar-refractivity contribution in [3.8, 4) is 0 Å². The highest BCUT2D eigenvalue weighted by Crippen LogP contribution is 2.23. The maximum absolute atomic E-state index is 12.5. The minimum absolute atomic E-state index is 0.0728. The molecule has 13 heteroatoms. The number of carboxylic acid groups (broad SMARTS) is 1. The first-order valence-electron chi connectivity index (χ1n) is 10.5. The molecule has 0 radical (unpaired) electrons. The minimum Gasteiger partial charge on any atom is -0.481 e. The van der Waals surface area contributed by atoms with Gasteiger partial charge in [0.05, 0.1) is 17.5 Å². The summed E-state index contributed by atoms with van der Waals surface area (Å²) >= 11 is 5.98. The van der Waals surface area contributed by atoms with E-state index in [1.807, 2.05) is 24.3 Å². The second-order valence-corrected chi connectivity index (χ2v) is 8.07. The molecule has 1 unspecified atom stereocenters. The van der Waals surface area contributed by atoms with Crippen molar-refractivity contribution in [3.63, 3.8) is 0 Å². The van der Waals surface area contributed by atoms with Gasteiger partial charge in [-0.05, 0) is 29.8 Å². The van der Waals surface area contributed by atoms with Gasteiger partial charge in [0.1, 0.15) is 6.04 Å². The molecule has 3 aromatic rings. The Hall–Kier alpha value is -4.16. The Labute approximate surface area is 204 Å². The van der Waals surface area contributed by atoms with Gasteiger partial charge in [0, 0.05) is 23.9 Å². The number of aliphatic carboxylic acids is 1. The third-order valence-electron chi connectivity index (χ3n) is 5.01. The summed E-state index contributed by atoms with van der Waals surface area (Å²) in [5.74, 6) is -2.69. The first-order valence-corrected chi connectivity index (χ1v) is 10.9. The van der Waals surface area contributed by atoms with E-state index >= 15 is 0 Å². The lowest BCUT2D eigenvalue weighted by molar-refractivity contribution is -0.139. The molecule has 0 aliphatic heterocycles. The number of imidazole rings is 1. The van der Waals surface area contributed by atoms with E-state index in [0.29, 0.717) is 17.5 Å². The summed E-state index contributed by atoms with van der Waals surface area (Å²) in [6.07, 6.45) is -0.716. The number of imide groups is 1. The van der Waals surface area contributed by atoms with Gasteiger partial charge in [0.25, 0.3) is 0 Å². The smallest absolute Gasteiger partial charge is 0.335 e. The number of carbonyl (C=O) groups is 4. The number of anilines is 1. The number of hydrogen-bond donors (Lipinski definition) is 7. The fraction of sp³-hybridized carbons (Fsp3) is 0.227. The number of hydrazine groups is 1. The minimum atomic E-state index is -1.34. The molecule has 1 heterocycles. The topological polar surface area (TPSA) is 191 Å². The second kappa shape index (κ2) is 11.8. The largest absolute Gasteiger partial charge is 0.481 e. The Kier molecular flexibility index (Phi) is 8.59. The number of amides is 4. The van der Waals surface area contributed by atoms with Gasteiger partial charge in [0.2, 0.25) is 17.8 Å². The van der Waals surface area contributed by atoms with Crippen molar-refractivity contribution in [2.24, 2.45) is 5.73 Å². The molecular weight excluding hydrogens is 478 g/mol. The molecule has 35 heavy (non-hydrogen) atoms. The molecule has 12 nitrogen and oxygen atoms in total. The first kappa shape index (κ1) is 25.5. The van der Waals surface area contributed by atoms with Crippen LogP contribution in [-0.2, 0) is 14.4 Å². The predicted molar refractivity (Wildman–Crippen MR) is 128 cm³/mol. The number of rotatable bonds is 11. The number of urea groups is 1. The third kappa shape index (κ3) is 7.69. The molecule has 0 aliphatic carbocycles. The van der Waals surface area contributed by atoms with Crippen LogP contribution in [0.25, 0.3) is 11.0 Å². The molecular formula is C22H24ClN7O5. The van der Waals surface area contributed by atoms with Crippen LogP contribution < -0.4 is 27.2 Å². The van der Waals surface area contributed by atoms with Crippen LogP contribution in [0.2, 0.25) is 5.02 Å². The zero-order valence-corrected chi connectivity index (χ0v) is 19.1. The molecule has 8 N–H and O–H groups in total. The highest BCUT2D eigenvalue weighted by Gasteiger charge is 2.21. The van der Waals surface area contributed by atoms with Crippen LogP contribution in [0.5, 0.6) is 0 Å². The fourth-order valence-corrected chi connectivity index (χ4v) is 3.41. The van der Waals surface area contributed by atoms with Gasteiger partial charge in [-0.25, -0.2) is 15.2 Å². The number of nitrogens with two attached hydrogens (primary N) is 1. The van der Waals surface area contributed by atoms with E-state index in [1.54, 1.807) is 24.3 Å². The van der Waals surface area contributed by atoms with Crippen LogP contribution in [0.4, 0.5) is 10.7 Å². The molecule has 0 spiro atoms. The van der Waals surface area contributed by atoms with Crippen LogP contribution in [-0.4, -0.2) is 51.5 Å². The number of aromatic amines is 1. The zero-order chi connectivity index (χ0) is 25.4. The summed E-state index contributed by atoms with van der Waals surface area (Å²) < 4.78 is 0. The maximum atomic E-state index is 12.5. The maximum Gasteiger partial charge on any atom is 0.335 e. The van der Waals surface area contributed by atoms with Crippen molar-refractivity contribution < 1.29 is 24.3 Å². The standard InChI is InChI=1S/C22H24ClN7O5/c23-14-7-5-12(6-8-14)13(11-25-21-26-15-3-1-2-4-16(15)27-21)9-18(31)28-22(35)30-29-17(20(24)34)10-19(32)33/h1-8,13,17,29H,9-11H2,(H2,24,34)(H,32,33)(H2,25,26,27)(H2,28,30,31,35)/t13?,17-/m0/s1. The van der Waals surface area contributed by atoms with Gasteiger partial charge in [0.15, 0.2) is 0 Å². The van der Waals surface area contributed by atoms with Gasteiger partial charge in [-0.1, -0.05) is 35.9 Å².